The molecule has 1 aliphatic rings. The maximum Gasteiger partial charge on any atom is 0.258 e. The number of morpholine rings is 1. The zero-order valence-electron chi connectivity index (χ0n) is 15.5. The number of benzene rings is 2. The minimum Gasteiger partial charge on any atom is -0.371 e. The summed E-state index contributed by atoms with van der Waals surface area (Å²) in [6.07, 6.45) is 3.19. The molecule has 0 spiro atoms. The number of nitriles is 1. The Bertz CT molecular complexity index is 1020. The van der Waals surface area contributed by atoms with E-state index in [0.717, 1.165) is 24.3 Å². The first-order valence-electron chi connectivity index (χ1n) is 9.02. The molecular weight excluding hydrogens is 390 g/mol. The quantitative estimate of drug-likeness (QED) is 0.690. The molecule has 2 N–H and O–H groups in total. The van der Waals surface area contributed by atoms with E-state index in [1.165, 1.54) is 6.20 Å². The molecule has 1 saturated heterocycles. The van der Waals surface area contributed by atoms with Gasteiger partial charge in [-0.05, 0) is 35.9 Å². The van der Waals surface area contributed by atoms with Crippen LogP contribution in [-0.2, 0) is 4.74 Å². The summed E-state index contributed by atoms with van der Waals surface area (Å²) in [5, 5.41) is 19.4. The van der Waals surface area contributed by atoms with Crippen molar-refractivity contribution in [2.24, 2.45) is 0 Å². The van der Waals surface area contributed by atoms with Crippen molar-refractivity contribution in [3.63, 3.8) is 0 Å². The van der Waals surface area contributed by atoms with Gasteiger partial charge in [0.05, 0.1) is 41.8 Å². The van der Waals surface area contributed by atoms with E-state index < -0.39 is 0 Å². The lowest BCUT2D eigenvalue weighted by Crippen LogP contribution is -2.33. The Morgan fingerprint density at radius 2 is 2.10 bits per heavy atom. The molecule has 0 radical (unpaired) electrons. The fourth-order valence-corrected chi connectivity index (χ4v) is 3.06. The van der Waals surface area contributed by atoms with E-state index >= 15 is 0 Å². The van der Waals surface area contributed by atoms with Crippen LogP contribution in [0.15, 0.2) is 60.9 Å². The van der Waals surface area contributed by atoms with Crippen molar-refractivity contribution < 1.29 is 9.53 Å². The third-order valence-electron chi connectivity index (χ3n) is 4.55. The number of hydrogen-bond acceptors (Lipinski definition) is 5. The van der Waals surface area contributed by atoms with Crippen molar-refractivity contribution in [1.82, 2.24) is 15.1 Å². The highest BCUT2D eigenvalue weighted by atomic mass is 35.5. The highest BCUT2D eigenvalue weighted by Crippen LogP contribution is 2.21. The third kappa shape index (κ3) is 4.81. The molecule has 7 nitrogen and oxygen atoms in total. The molecule has 1 unspecified atom stereocenters. The third-order valence-corrected chi connectivity index (χ3v) is 4.55. The molecule has 0 saturated carbocycles. The van der Waals surface area contributed by atoms with Gasteiger partial charge >= 0.3 is 0 Å². The highest BCUT2D eigenvalue weighted by molar-refractivity contribution is 6.04. The number of nitrogens with zero attached hydrogens (tertiary/aromatic N) is 3. The van der Waals surface area contributed by atoms with E-state index in [2.05, 4.69) is 21.8 Å². The van der Waals surface area contributed by atoms with Gasteiger partial charge in [0, 0.05) is 25.0 Å². The van der Waals surface area contributed by atoms with Crippen LogP contribution in [0.4, 0.5) is 5.69 Å². The molecule has 148 valence electrons. The Hall–Kier alpha value is -3.18. The fraction of sp³-hybridized carbons (Fsp3) is 0.190. The summed E-state index contributed by atoms with van der Waals surface area (Å²) >= 11 is 0. The van der Waals surface area contributed by atoms with Gasteiger partial charge in [0.1, 0.15) is 0 Å². The maximum absolute atomic E-state index is 12.5. The zero-order chi connectivity index (χ0) is 19.3. The molecule has 0 aliphatic carbocycles. The van der Waals surface area contributed by atoms with Crippen LogP contribution < -0.4 is 10.6 Å². The molecule has 1 amide bonds. The molecule has 1 aromatic heterocycles. The standard InChI is InChI=1S/C21H19N5O2.ClH/c22-11-15-2-1-3-19(10-15)26-14-17(12-24-26)21(27)25-18-6-4-16(5-7-18)20-13-23-8-9-28-20;/h1-7,10,12,14,20,23H,8-9,13H2,(H,25,27);1H. The van der Waals surface area contributed by atoms with E-state index in [9.17, 15) is 4.79 Å². The number of carbonyl (C=O) groups is 1. The lowest BCUT2D eigenvalue weighted by molar-refractivity contribution is 0.0277. The van der Waals surface area contributed by atoms with E-state index in [1.54, 1.807) is 29.1 Å². The van der Waals surface area contributed by atoms with Crippen molar-refractivity contribution in [2.45, 2.75) is 6.10 Å². The SMILES string of the molecule is Cl.N#Cc1cccc(-n2cc(C(=O)Nc3ccc(C4CNCCO4)cc3)cn2)c1. The smallest absolute Gasteiger partial charge is 0.258 e. The van der Waals surface area contributed by atoms with Crippen molar-refractivity contribution in [3.05, 3.63) is 77.6 Å². The fourth-order valence-electron chi connectivity index (χ4n) is 3.06. The molecule has 1 atom stereocenters. The Labute approximate surface area is 174 Å². The topological polar surface area (TPSA) is 92.0 Å². The Kier molecular flexibility index (Phi) is 6.62. The second kappa shape index (κ2) is 9.34. The minimum atomic E-state index is -0.244. The number of carbonyl (C=O) groups excluding carboxylic acids is 1. The molecule has 1 aliphatic heterocycles. The van der Waals surface area contributed by atoms with E-state index in [1.807, 2.05) is 30.3 Å². The first-order chi connectivity index (χ1) is 13.7. The van der Waals surface area contributed by atoms with Gasteiger partial charge in [-0.25, -0.2) is 4.68 Å². The van der Waals surface area contributed by atoms with Crippen molar-refractivity contribution in [3.8, 4) is 11.8 Å². The van der Waals surface area contributed by atoms with Crippen LogP contribution in [0.2, 0.25) is 0 Å². The number of hydrogen-bond donors (Lipinski definition) is 2. The number of rotatable bonds is 4. The van der Waals surface area contributed by atoms with Crippen molar-refractivity contribution >= 4 is 24.0 Å². The highest BCUT2D eigenvalue weighted by Gasteiger charge is 2.16. The Morgan fingerprint density at radius 1 is 1.28 bits per heavy atom. The Morgan fingerprint density at radius 3 is 2.83 bits per heavy atom. The van der Waals surface area contributed by atoms with Crippen LogP contribution in [0.5, 0.6) is 0 Å². The first-order valence-corrected chi connectivity index (χ1v) is 9.02. The molecule has 3 aromatic rings. The average Bonchev–Trinajstić information content (AvgIpc) is 3.25. The van der Waals surface area contributed by atoms with Gasteiger partial charge in [0.25, 0.3) is 5.91 Å². The number of aromatic nitrogens is 2. The summed E-state index contributed by atoms with van der Waals surface area (Å²) in [6, 6.07) is 16.8. The Balaban J connectivity index is 0.00000240. The molecule has 2 aromatic carbocycles. The van der Waals surface area contributed by atoms with Gasteiger partial charge in [-0.15, -0.1) is 12.4 Å². The molecule has 1 fully saturated rings. The molecule has 0 bridgehead atoms. The maximum atomic E-state index is 12.5. The average molecular weight is 410 g/mol. The largest absolute Gasteiger partial charge is 0.371 e. The summed E-state index contributed by atoms with van der Waals surface area (Å²) in [5.74, 6) is -0.244. The summed E-state index contributed by atoms with van der Waals surface area (Å²) < 4.78 is 7.31. The summed E-state index contributed by atoms with van der Waals surface area (Å²) in [4.78, 5) is 12.5. The lowest BCUT2D eigenvalue weighted by Gasteiger charge is -2.24. The number of nitrogens with one attached hydrogen (secondary N) is 2. The van der Waals surface area contributed by atoms with Gasteiger partial charge in [0.15, 0.2) is 0 Å². The lowest BCUT2D eigenvalue weighted by atomic mass is 10.1. The first kappa shape index (κ1) is 20.6. The van der Waals surface area contributed by atoms with Gasteiger partial charge in [0.2, 0.25) is 0 Å². The van der Waals surface area contributed by atoms with E-state index in [4.69, 9.17) is 10.00 Å². The monoisotopic (exact) mass is 409 g/mol. The molecule has 2 heterocycles. The molecular formula is C21H20ClN5O2. The van der Waals surface area contributed by atoms with Gasteiger partial charge in [-0.2, -0.15) is 10.4 Å². The predicted octanol–water partition coefficient (Wildman–Crippen LogP) is 3.08. The molecule has 8 heteroatoms. The van der Waals surface area contributed by atoms with E-state index in [-0.39, 0.29) is 24.4 Å². The zero-order valence-corrected chi connectivity index (χ0v) is 16.4. The van der Waals surface area contributed by atoms with Crippen molar-refractivity contribution in [1.29, 1.82) is 5.26 Å². The van der Waals surface area contributed by atoms with Crippen LogP contribution in [0.3, 0.4) is 0 Å². The number of ether oxygens (including phenoxy) is 1. The number of halogens is 1. The summed E-state index contributed by atoms with van der Waals surface area (Å²) in [6.45, 7) is 2.36. The minimum absolute atomic E-state index is 0. The van der Waals surface area contributed by atoms with Gasteiger partial charge in [-0.3, -0.25) is 4.79 Å². The summed E-state index contributed by atoms with van der Waals surface area (Å²) in [5.41, 5.74) is 3.48. The van der Waals surface area contributed by atoms with Crippen LogP contribution in [0.1, 0.15) is 27.6 Å². The molecule has 4 rings (SSSR count). The molecule has 29 heavy (non-hydrogen) atoms. The van der Waals surface area contributed by atoms with Crippen LogP contribution in [0, 0.1) is 11.3 Å². The normalized spacial score (nSPS) is 15.8. The van der Waals surface area contributed by atoms with Crippen LogP contribution >= 0.6 is 12.4 Å². The van der Waals surface area contributed by atoms with Gasteiger partial charge < -0.3 is 15.4 Å². The second-order valence-electron chi connectivity index (χ2n) is 6.48. The van der Waals surface area contributed by atoms with Crippen molar-refractivity contribution in [2.75, 3.05) is 25.0 Å². The van der Waals surface area contributed by atoms with E-state index in [0.29, 0.717) is 23.4 Å². The van der Waals surface area contributed by atoms with Crippen LogP contribution in [0.25, 0.3) is 5.69 Å². The van der Waals surface area contributed by atoms with Gasteiger partial charge in [-0.1, -0.05) is 18.2 Å². The number of anilines is 1. The summed E-state index contributed by atoms with van der Waals surface area (Å²) in [7, 11) is 0. The second-order valence-corrected chi connectivity index (χ2v) is 6.48. The van der Waals surface area contributed by atoms with Crippen LogP contribution in [-0.4, -0.2) is 35.4 Å². The predicted molar refractivity (Wildman–Crippen MR) is 111 cm³/mol. The number of amides is 1.